The van der Waals surface area contributed by atoms with Gasteiger partial charge in [0.1, 0.15) is 0 Å². The first-order valence-corrected chi connectivity index (χ1v) is 4.67. The fraction of sp³-hybridized carbons (Fsp3) is 0.833. The van der Waals surface area contributed by atoms with Crippen LogP contribution in [0.5, 0.6) is 0 Å². The van der Waals surface area contributed by atoms with Gasteiger partial charge in [0.25, 0.3) is 0 Å². The Bertz CT molecular complexity index is 139. The van der Waals surface area contributed by atoms with Crippen LogP contribution in [0.4, 0.5) is 0 Å². The first-order chi connectivity index (χ1) is 5.04. The minimum atomic E-state index is -1.25. The summed E-state index contributed by atoms with van der Waals surface area (Å²) in [5.74, 6) is -1.04. The lowest BCUT2D eigenvalue weighted by atomic mass is 9.99. The molecule has 0 amide bonds. The van der Waals surface area contributed by atoms with Crippen molar-refractivity contribution in [3.63, 3.8) is 0 Å². The van der Waals surface area contributed by atoms with Crippen LogP contribution in [0.25, 0.3) is 0 Å². The van der Waals surface area contributed by atoms with Gasteiger partial charge in [0.15, 0.2) is 0 Å². The Morgan fingerprint density at radius 1 is 1.55 bits per heavy atom. The predicted octanol–water partition coefficient (Wildman–Crippen LogP) is 0.00960. The van der Waals surface area contributed by atoms with Gasteiger partial charge in [-0.1, -0.05) is 22.6 Å². The first kappa shape index (κ1) is 11.1. The molecule has 0 aromatic rings. The summed E-state index contributed by atoms with van der Waals surface area (Å²) in [4.78, 5) is 10.2. The highest BCUT2D eigenvalue weighted by molar-refractivity contribution is 14.1. The van der Waals surface area contributed by atoms with E-state index >= 15 is 0 Å². The largest absolute Gasteiger partial charge is 0.481 e. The van der Waals surface area contributed by atoms with E-state index in [-0.39, 0.29) is 19.4 Å². The normalized spacial score (nSPS) is 15.9. The van der Waals surface area contributed by atoms with Gasteiger partial charge in [-0.2, -0.15) is 0 Å². The number of aliphatic hydroxyl groups excluding tert-OH is 1. The van der Waals surface area contributed by atoms with Crippen LogP contribution in [-0.4, -0.2) is 37.9 Å². The third kappa shape index (κ3) is 4.54. The molecule has 0 fully saturated rings. The molecule has 3 N–H and O–H groups in total. The summed E-state index contributed by atoms with van der Waals surface area (Å²) in [5.41, 5.74) is -1.25. The summed E-state index contributed by atoms with van der Waals surface area (Å²) in [6, 6.07) is 0. The van der Waals surface area contributed by atoms with Crippen molar-refractivity contribution in [2.24, 2.45) is 0 Å². The van der Waals surface area contributed by atoms with Crippen molar-refractivity contribution >= 4 is 28.6 Å². The fourth-order valence-electron chi connectivity index (χ4n) is 0.692. The molecular formula is C6H11IO4. The molecule has 0 saturated carbocycles. The van der Waals surface area contributed by atoms with Crippen LogP contribution in [0.3, 0.4) is 0 Å². The van der Waals surface area contributed by atoms with Gasteiger partial charge in [0.05, 0.1) is 12.0 Å². The third-order valence-electron chi connectivity index (χ3n) is 1.31. The Morgan fingerprint density at radius 3 is 2.36 bits per heavy atom. The molecular weight excluding hydrogens is 263 g/mol. The van der Waals surface area contributed by atoms with Crippen LogP contribution in [0, 0.1) is 0 Å². The Hall–Kier alpha value is 0.120. The van der Waals surface area contributed by atoms with E-state index in [2.05, 4.69) is 0 Å². The highest BCUT2D eigenvalue weighted by Gasteiger charge is 2.27. The number of aliphatic hydroxyl groups is 2. The smallest absolute Gasteiger partial charge is 0.306 e. The quantitative estimate of drug-likeness (QED) is 0.487. The average molecular weight is 274 g/mol. The predicted molar refractivity (Wildman–Crippen MR) is 47.8 cm³/mol. The van der Waals surface area contributed by atoms with E-state index in [0.717, 1.165) is 0 Å². The molecule has 1 atom stereocenters. The van der Waals surface area contributed by atoms with Crippen molar-refractivity contribution < 1.29 is 20.1 Å². The number of alkyl halides is 1. The fourth-order valence-corrected chi connectivity index (χ4v) is 1.34. The number of carboxylic acids is 1. The van der Waals surface area contributed by atoms with E-state index in [1.807, 2.05) is 22.6 Å². The number of hydrogen-bond acceptors (Lipinski definition) is 3. The van der Waals surface area contributed by atoms with Crippen molar-refractivity contribution in [2.45, 2.75) is 18.4 Å². The molecule has 0 aliphatic heterocycles. The average Bonchev–Trinajstić information content (AvgIpc) is 1.87. The van der Waals surface area contributed by atoms with Crippen LogP contribution in [0.1, 0.15) is 12.8 Å². The van der Waals surface area contributed by atoms with Crippen LogP contribution in [0.2, 0.25) is 0 Å². The van der Waals surface area contributed by atoms with E-state index in [0.29, 0.717) is 4.43 Å². The topological polar surface area (TPSA) is 77.8 Å². The van der Waals surface area contributed by atoms with Crippen molar-refractivity contribution in [3.05, 3.63) is 0 Å². The molecule has 5 heteroatoms. The molecule has 0 aromatic carbocycles. The van der Waals surface area contributed by atoms with Crippen molar-refractivity contribution in [1.29, 1.82) is 0 Å². The molecule has 0 spiro atoms. The molecule has 0 saturated heterocycles. The Kier molecular flexibility index (Phi) is 4.94. The molecule has 66 valence electrons. The van der Waals surface area contributed by atoms with Gasteiger partial charge in [-0.3, -0.25) is 4.79 Å². The molecule has 0 heterocycles. The lowest BCUT2D eigenvalue weighted by Gasteiger charge is -2.22. The maximum absolute atomic E-state index is 10.2. The van der Waals surface area contributed by atoms with Gasteiger partial charge >= 0.3 is 5.97 Å². The van der Waals surface area contributed by atoms with Gasteiger partial charge in [-0.05, 0) is 0 Å². The van der Waals surface area contributed by atoms with Crippen LogP contribution in [0.15, 0.2) is 0 Å². The van der Waals surface area contributed by atoms with Gasteiger partial charge in [0.2, 0.25) is 0 Å². The van der Waals surface area contributed by atoms with Crippen molar-refractivity contribution in [1.82, 2.24) is 0 Å². The van der Waals surface area contributed by atoms with E-state index in [1.54, 1.807) is 0 Å². The van der Waals surface area contributed by atoms with Gasteiger partial charge in [0, 0.05) is 17.5 Å². The van der Waals surface area contributed by atoms with Crippen molar-refractivity contribution in [2.75, 3.05) is 11.0 Å². The first-order valence-electron chi connectivity index (χ1n) is 3.15. The summed E-state index contributed by atoms with van der Waals surface area (Å²) >= 11 is 1.90. The zero-order chi connectivity index (χ0) is 8.91. The second kappa shape index (κ2) is 4.89. The zero-order valence-corrected chi connectivity index (χ0v) is 8.11. The van der Waals surface area contributed by atoms with E-state index in [1.165, 1.54) is 0 Å². The van der Waals surface area contributed by atoms with Crippen LogP contribution >= 0.6 is 22.6 Å². The zero-order valence-electron chi connectivity index (χ0n) is 5.96. The standard InChI is InChI=1S/C6H11IO4/c7-4-6(11,1-2-8)3-5(9)10/h8,11H,1-4H2,(H,9,10)/t6-/m1/s1. The maximum Gasteiger partial charge on any atom is 0.306 e. The summed E-state index contributed by atoms with van der Waals surface area (Å²) < 4.78 is 0.317. The number of halogens is 1. The number of aliphatic carboxylic acids is 1. The molecule has 0 bridgehead atoms. The number of carbonyl (C=O) groups is 1. The van der Waals surface area contributed by atoms with Gasteiger partial charge < -0.3 is 15.3 Å². The van der Waals surface area contributed by atoms with Crippen LogP contribution < -0.4 is 0 Å². The second-order valence-corrected chi connectivity index (χ2v) is 3.16. The molecule has 0 unspecified atom stereocenters. The highest BCUT2D eigenvalue weighted by Crippen LogP contribution is 2.17. The summed E-state index contributed by atoms with van der Waals surface area (Å²) in [5, 5.41) is 26.3. The maximum atomic E-state index is 10.2. The van der Waals surface area contributed by atoms with Gasteiger partial charge in [-0.25, -0.2) is 0 Å². The number of hydrogen-bond donors (Lipinski definition) is 3. The molecule has 0 aromatic heterocycles. The molecule has 11 heavy (non-hydrogen) atoms. The van der Waals surface area contributed by atoms with Crippen molar-refractivity contribution in [3.8, 4) is 0 Å². The molecule has 0 radical (unpaired) electrons. The molecule has 4 nitrogen and oxygen atoms in total. The summed E-state index contributed by atoms with van der Waals surface area (Å²) in [6.07, 6.45) is -0.196. The third-order valence-corrected chi connectivity index (χ3v) is 2.73. The summed E-state index contributed by atoms with van der Waals surface area (Å²) in [6.45, 7) is -0.188. The molecule has 0 aliphatic carbocycles. The molecule has 0 aliphatic rings. The van der Waals surface area contributed by atoms with Gasteiger partial charge in [-0.15, -0.1) is 0 Å². The SMILES string of the molecule is O=C(O)C[C@@](O)(CI)CCO. The minimum absolute atomic E-state index is 0.113. The van der Waals surface area contributed by atoms with E-state index in [9.17, 15) is 9.90 Å². The Labute approximate surface area is 78.4 Å². The summed E-state index contributed by atoms with van der Waals surface area (Å²) in [7, 11) is 0. The highest BCUT2D eigenvalue weighted by atomic mass is 127. The molecule has 0 rings (SSSR count). The lowest BCUT2D eigenvalue weighted by molar-refractivity contribution is -0.142. The lowest BCUT2D eigenvalue weighted by Crippen LogP contribution is -2.34. The Balaban J connectivity index is 3.98. The monoisotopic (exact) mass is 274 g/mol. The van der Waals surface area contributed by atoms with E-state index in [4.69, 9.17) is 10.2 Å². The van der Waals surface area contributed by atoms with E-state index < -0.39 is 11.6 Å². The number of rotatable bonds is 5. The van der Waals surface area contributed by atoms with Crippen LogP contribution in [-0.2, 0) is 4.79 Å². The minimum Gasteiger partial charge on any atom is -0.481 e. The Morgan fingerprint density at radius 2 is 2.09 bits per heavy atom. The number of carboxylic acid groups (broad SMARTS) is 1. The second-order valence-electron chi connectivity index (χ2n) is 2.40.